The summed E-state index contributed by atoms with van der Waals surface area (Å²) < 4.78 is 17.2. The molecule has 0 aliphatic carbocycles. The Hall–Kier alpha value is -0.583. The molecule has 0 bridgehead atoms. The fourth-order valence-corrected chi connectivity index (χ4v) is 6.38. The standard InChI is InChI=1S/C19H38N2O3Si/c1-9-22-25(23-10-2,24-11-3)14-12-13-21(8)17-15-18(4,5)20-19(6,7)16-17/h1,17,20H,10-16H2,2-8H3. The molecule has 25 heavy (non-hydrogen) atoms. The van der Waals surface area contributed by atoms with Gasteiger partial charge in [-0.05, 0) is 74.4 Å². The van der Waals surface area contributed by atoms with Crippen molar-refractivity contribution in [3.8, 4) is 12.5 Å². The van der Waals surface area contributed by atoms with Crippen molar-refractivity contribution in [1.82, 2.24) is 10.2 Å². The highest BCUT2D eigenvalue weighted by Gasteiger charge is 2.43. The normalized spacial score (nSPS) is 20.4. The van der Waals surface area contributed by atoms with E-state index in [2.05, 4.69) is 51.1 Å². The topological polar surface area (TPSA) is 43.0 Å². The van der Waals surface area contributed by atoms with Crippen molar-refractivity contribution in [2.45, 2.75) is 84.0 Å². The maximum Gasteiger partial charge on any atom is 0.574 e. The van der Waals surface area contributed by atoms with E-state index in [9.17, 15) is 0 Å². The zero-order chi connectivity index (χ0) is 19.1. The molecule has 0 aromatic rings. The number of nitrogens with zero attached hydrogens (tertiary/aromatic N) is 1. The average Bonchev–Trinajstić information content (AvgIpc) is 2.44. The van der Waals surface area contributed by atoms with Gasteiger partial charge in [-0.3, -0.25) is 0 Å². The lowest BCUT2D eigenvalue weighted by Gasteiger charge is -2.49. The van der Waals surface area contributed by atoms with Crippen molar-refractivity contribution in [1.29, 1.82) is 0 Å². The van der Waals surface area contributed by atoms with Gasteiger partial charge >= 0.3 is 8.80 Å². The van der Waals surface area contributed by atoms with Gasteiger partial charge < -0.3 is 23.5 Å². The molecule has 1 aliphatic heterocycles. The first-order valence-electron chi connectivity index (χ1n) is 9.50. The van der Waals surface area contributed by atoms with Gasteiger partial charge in [0, 0.05) is 36.4 Å². The third-order valence-corrected chi connectivity index (χ3v) is 7.58. The van der Waals surface area contributed by atoms with E-state index in [1.165, 1.54) is 0 Å². The summed E-state index contributed by atoms with van der Waals surface area (Å²) in [6.07, 6.45) is 10.9. The predicted octanol–water partition coefficient (Wildman–Crippen LogP) is 3.24. The Morgan fingerprint density at radius 2 is 1.64 bits per heavy atom. The molecule has 1 N–H and O–H groups in total. The van der Waals surface area contributed by atoms with Gasteiger partial charge in [-0.25, -0.2) is 0 Å². The lowest BCUT2D eigenvalue weighted by molar-refractivity contribution is 0.0777. The van der Waals surface area contributed by atoms with Gasteiger partial charge in [0.1, 0.15) is 0 Å². The second-order valence-corrected chi connectivity index (χ2v) is 11.0. The third kappa shape index (κ3) is 7.28. The molecule has 1 saturated heterocycles. The van der Waals surface area contributed by atoms with E-state index in [-0.39, 0.29) is 11.1 Å². The first-order chi connectivity index (χ1) is 11.6. The molecule has 0 saturated carbocycles. The first kappa shape index (κ1) is 22.5. The summed E-state index contributed by atoms with van der Waals surface area (Å²) in [5, 5.41) is 3.75. The molecule has 0 radical (unpaired) electrons. The summed E-state index contributed by atoms with van der Waals surface area (Å²) in [7, 11) is -0.527. The molecule has 5 nitrogen and oxygen atoms in total. The highest BCUT2D eigenvalue weighted by Crippen LogP contribution is 2.31. The Balaban J connectivity index is 2.62. The van der Waals surface area contributed by atoms with Crippen LogP contribution < -0.4 is 5.32 Å². The minimum Gasteiger partial charge on any atom is -0.451 e. The van der Waals surface area contributed by atoms with E-state index in [0.29, 0.717) is 19.3 Å². The molecule has 146 valence electrons. The molecule has 0 unspecified atom stereocenters. The lowest BCUT2D eigenvalue weighted by atomic mass is 9.79. The van der Waals surface area contributed by atoms with E-state index in [4.69, 9.17) is 19.7 Å². The fraction of sp³-hybridized carbons (Fsp3) is 0.895. The second kappa shape index (κ2) is 9.38. The summed E-state index contributed by atoms with van der Waals surface area (Å²) in [6, 6.07) is 1.32. The maximum atomic E-state index is 5.83. The number of rotatable bonds is 10. The number of hydrogen-bond acceptors (Lipinski definition) is 5. The Bertz CT molecular complexity index is 426. The van der Waals surface area contributed by atoms with E-state index >= 15 is 0 Å². The van der Waals surface area contributed by atoms with Crippen molar-refractivity contribution in [3.63, 3.8) is 0 Å². The third-order valence-electron chi connectivity index (χ3n) is 4.73. The van der Waals surface area contributed by atoms with Crippen molar-refractivity contribution in [3.05, 3.63) is 0 Å². The monoisotopic (exact) mass is 370 g/mol. The number of piperidine rings is 1. The van der Waals surface area contributed by atoms with Gasteiger partial charge in [0.2, 0.25) is 0 Å². The smallest absolute Gasteiger partial charge is 0.451 e. The van der Waals surface area contributed by atoms with Gasteiger partial charge in [0.05, 0.1) is 6.11 Å². The van der Waals surface area contributed by atoms with Crippen LogP contribution in [0.4, 0.5) is 0 Å². The molecular formula is C19H38N2O3Si. The van der Waals surface area contributed by atoms with Crippen LogP contribution in [-0.2, 0) is 13.3 Å². The van der Waals surface area contributed by atoms with Gasteiger partial charge in [-0.1, -0.05) is 6.42 Å². The zero-order valence-electron chi connectivity index (χ0n) is 17.3. The maximum absolute atomic E-state index is 5.83. The second-order valence-electron chi connectivity index (χ2n) is 8.31. The molecule has 0 aromatic heterocycles. The molecule has 0 amide bonds. The minimum atomic E-state index is -2.74. The molecular weight excluding hydrogens is 332 g/mol. The molecule has 1 heterocycles. The molecule has 0 atom stereocenters. The minimum absolute atomic E-state index is 0.155. The fourth-order valence-electron chi connectivity index (χ4n) is 4.13. The van der Waals surface area contributed by atoms with Crippen LogP contribution in [0.3, 0.4) is 0 Å². The van der Waals surface area contributed by atoms with Gasteiger partial charge in [-0.2, -0.15) is 0 Å². The molecule has 0 aromatic carbocycles. The van der Waals surface area contributed by atoms with Crippen LogP contribution in [0.2, 0.25) is 6.04 Å². The quantitative estimate of drug-likeness (QED) is 0.472. The van der Waals surface area contributed by atoms with Gasteiger partial charge in [0.15, 0.2) is 0 Å². The molecule has 1 rings (SSSR count). The van der Waals surface area contributed by atoms with E-state index in [1.54, 1.807) is 0 Å². The largest absolute Gasteiger partial charge is 0.574 e. The van der Waals surface area contributed by atoms with Crippen LogP contribution in [0, 0.1) is 12.5 Å². The van der Waals surface area contributed by atoms with Crippen molar-refractivity contribution >= 4 is 8.80 Å². The number of terminal acetylenes is 1. The SMILES string of the molecule is C#CO[Si](CCCN(C)C1CC(C)(C)NC(C)(C)C1)(OCC)OCC. The van der Waals surface area contributed by atoms with E-state index in [1.807, 2.05) is 13.8 Å². The number of nitrogens with one attached hydrogen (secondary N) is 1. The molecule has 0 spiro atoms. The highest BCUT2D eigenvalue weighted by molar-refractivity contribution is 6.61. The van der Waals surface area contributed by atoms with E-state index < -0.39 is 8.80 Å². The summed E-state index contributed by atoms with van der Waals surface area (Å²) >= 11 is 0. The lowest BCUT2D eigenvalue weighted by Crippen LogP contribution is -2.61. The van der Waals surface area contributed by atoms with E-state index in [0.717, 1.165) is 31.9 Å². The Morgan fingerprint density at radius 3 is 2.08 bits per heavy atom. The number of hydrogen-bond donors (Lipinski definition) is 1. The summed E-state index contributed by atoms with van der Waals surface area (Å²) in [5.74, 6) is 0. The van der Waals surface area contributed by atoms with Crippen molar-refractivity contribution in [2.75, 3.05) is 26.8 Å². The first-order valence-corrected chi connectivity index (χ1v) is 11.4. The molecule has 1 fully saturated rings. The van der Waals surface area contributed by atoms with Crippen LogP contribution in [0.25, 0.3) is 0 Å². The van der Waals surface area contributed by atoms with Crippen LogP contribution in [0.1, 0.15) is 60.8 Å². The predicted molar refractivity (Wildman–Crippen MR) is 105 cm³/mol. The van der Waals surface area contributed by atoms with Gasteiger partial charge in [-0.15, -0.1) is 0 Å². The summed E-state index contributed by atoms with van der Waals surface area (Å²) in [4.78, 5) is 2.47. The summed E-state index contributed by atoms with van der Waals surface area (Å²) in [6.45, 7) is 15.2. The molecule has 1 aliphatic rings. The van der Waals surface area contributed by atoms with Crippen LogP contribution in [0.5, 0.6) is 0 Å². The van der Waals surface area contributed by atoms with Crippen molar-refractivity contribution < 1.29 is 13.3 Å². The highest BCUT2D eigenvalue weighted by atomic mass is 28.4. The average molecular weight is 371 g/mol. The zero-order valence-corrected chi connectivity index (χ0v) is 18.3. The molecule has 6 heteroatoms. The van der Waals surface area contributed by atoms with Crippen LogP contribution in [-0.4, -0.2) is 57.6 Å². The van der Waals surface area contributed by atoms with Gasteiger partial charge in [0.25, 0.3) is 0 Å². The summed E-state index contributed by atoms with van der Waals surface area (Å²) in [5.41, 5.74) is 0.310. The Kier molecular flexibility index (Phi) is 8.43. The van der Waals surface area contributed by atoms with Crippen LogP contribution >= 0.6 is 0 Å². The Labute approximate surface area is 156 Å². The van der Waals surface area contributed by atoms with Crippen molar-refractivity contribution in [2.24, 2.45) is 0 Å². The van der Waals surface area contributed by atoms with Crippen LogP contribution in [0.15, 0.2) is 0 Å². The Morgan fingerprint density at radius 1 is 1.12 bits per heavy atom.